The summed E-state index contributed by atoms with van der Waals surface area (Å²) in [6, 6.07) is 7.09. The smallest absolute Gasteiger partial charge is 0.379 e. The number of hydrogen-bond acceptors (Lipinski definition) is 4. The van der Waals surface area contributed by atoms with Crippen LogP contribution in [-0.4, -0.2) is 24.7 Å². The van der Waals surface area contributed by atoms with Gasteiger partial charge in [0.1, 0.15) is 11.4 Å². The van der Waals surface area contributed by atoms with E-state index in [-0.39, 0.29) is 35.1 Å². The standard InChI is InChI=1S/C19H18ClF4N3O2/c20-12-2-4-16(14(7-12)19(22,23)24)27-13-3-1-11(15(21)8-13)9-26-17(28)18(25)5-6-29-10-18/h1-4,7-8,27H,5-6,9-10,25H2,(H,26,28). The summed E-state index contributed by atoms with van der Waals surface area (Å²) in [5, 5.41) is 5.04. The van der Waals surface area contributed by atoms with Crippen LogP contribution in [0, 0.1) is 5.82 Å². The minimum absolute atomic E-state index is 0.0644. The third-order valence-electron chi connectivity index (χ3n) is 4.56. The monoisotopic (exact) mass is 431 g/mol. The van der Waals surface area contributed by atoms with Gasteiger partial charge in [-0.1, -0.05) is 17.7 Å². The summed E-state index contributed by atoms with van der Waals surface area (Å²) in [6.07, 6.45) is -4.26. The van der Waals surface area contributed by atoms with E-state index in [1.54, 1.807) is 0 Å². The maximum atomic E-state index is 14.4. The van der Waals surface area contributed by atoms with Gasteiger partial charge in [-0.05, 0) is 36.8 Å². The van der Waals surface area contributed by atoms with Crippen molar-refractivity contribution >= 4 is 28.9 Å². The highest BCUT2D eigenvalue weighted by molar-refractivity contribution is 6.30. The van der Waals surface area contributed by atoms with Crippen molar-refractivity contribution in [3.8, 4) is 0 Å². The van der Waals surface area contributed by atoms with Crippen LogP contribution in [0.2, 0.25) is 5.02 Å². The van der Waals surface area contributed by atoms with E-state index in [9.17, 15) is 22.4 Å². The van der Waals surface area contributed by atoms with Crippen molar-refractivity contribution in [2.45, 2.75) is 24.7 Å². The lowest BCUT2D eigenvalue weighted by Gasteiger charge is -2.20. The Bertz CT molecular complexity index is 915. The maximum Gasteiger partial charge on any atom is 0.418 e. The van der Waals surface area contributed by atoms with Crippen LogP contribution in [0.25, 0.3) is 0 Å². The second kappa shape index (κ2) is 8.17. The van der Waals surface area contributed by atoms with Crippen LogP contribution in [0.1, 0.15) is 17.5 Å². The Balaban J connectivity index is 1.71. The normalized spacial score (nSPS) is 19.2. The van der Waals surface area contributed by atoms with Gasteiger partial charge in [0.25, 0.3) is 0 Å². The molecule has 1 heterocycles. The van der Waals surface area contributed by atoms with Gasteiger partial charge in [-0.2, -0.15) is 13.2 Å². The lowest BCUT2D eigenvalue weighted by molar-refractivity contribution is -0.137. The number of nitrogens with two attached hydrogens (primary N) is 1. The molecule has 29 heavy (non-hydrogen) atoms. The number of ether oxygens (including phenoxy) is 1. The molecule has 0 aliphatic carbocycles. The van der Waals surface area contributed by atoms with Crippen LogP contribution < -0.4 is 16.4 Å². The SMILES string of the molecule is NC1(C(=O)NCc2ccc(Nc3ccc(Cl)cc3C(F)(F)F)cc2F)CCOC1. The number of benzene rings is 2. The molecule has 5 nitrogen and oxygen atoms in total. The van der Waals surface area contributed by atoms with E-state index in [4.69, 9.17) is 22.1 Å². The predicted molar refractivity (Wildman–Crippen MR) is 100 cm³/mol. The van der Waals surface area contributed by atoms with Crippen molar-refractivity contribution < 1.29 is 27.1 Å². The van der Waals surface area contributed by atoms with Gasteiger partial charge in [0.15, 0.2) is 0 Å². The molecule has 1 aliphatic heterocycles. The summed E-state index contributed by atoms with van der Waals surface area (Å²) >= 11 is 5.65. The van der Waals surface area contributed by atoms with Crippen molar-refractivity contribution in [3.63, 3.8) is 0 Å². The molecule has 0 aromatic heterocycles. The van der Waals surface area contributed by atoms with Crippen molar-refractivity contribution in [1.29, 1.82) is 0 Å². The van der Waals surface area contributed by atoms with E-state index in [0.717, 1.165) is 12.1 Å². The Hall–Kier alpha value is -2.36. The zero-order valence-electron chi connectivity index (χ0n) is 15.1. The number of carbonyl (C=O) groups is 1. The van der Waals surface area contributed by atoms with Gasteiger partial charge in [-0.15, -0.1) is 0 Å². The molecule has 3 rings (SSSR count). The number of halogens is 5. The Kier molecular flexibility index (Phi) is 6.02. The van der Waals surface area contributed by atoms with Crippen LogP contribution in [0.5, 0.6) is 0 Å². The molecule has 1 aliphatic rings. The molecule has 1 fully saturated rings. The molecular weight excluding hydrogens is 414 g/mol. The lowest BCUT2D eigenvalue weighted by Crippen LogP contribution is -2.54. The molecule has 1 amide bonds. The fourth-order valence-electron chi connectivity index (χ4n) is 2.90. The van der Waals surface area contributed by atoms with Crippen LogP contribution in [0.4, 0.5) is 28.9 Å². The number of amides is 1. The highest BCUT2D eigenvalue weighted by atomic mass is 35.5. The van der Waals surface area contributed by atoms with E-state index >= 15 is 0 Å². The molecule has 0 spiro atoms. The minimum atomic E-state index is -4.63. The summed E-state index contributed by atoms with van der Waals surface area (Å²) < 4.78 is 59.0. The second-order valence-electron chi connectivity index (χ2n) is 6.76. The highest BCUT2D eigenvalue weighted by Crippen LogP contribution is 2.37. The Morgan fingerprint density at radius 3 is 2.62 bits per heavy atom. The van der Waals surface area contributed by atoms with Crippen LogP contribution >= 0.6 is 11.6 Å². The number of rotatable bonds is 5. The third kappa shape index (κ3) is 4.98. The Labute approximate surface area is 169 Å². The topological polar surface area (TPSA) is 76.4 Å². The maximum absolute atomic E-state index is 14.4. The first-order chi connectivity index (χ1) is 13.6. The molecule has 2 aromatic carbocycles. The van der Waals surface area contributed by atoms with Crippen molar-refractivity contribution in [2.24, 2.45) is 5.73 Å². The fraction of sp³-hybridized carbons (Fsp3) is 0.316. The lowest BCUT2D eigenvalue weighted by atomic mass is 9.99. The summed E-state index contributed by atoms with van der Waals surface area (Å²) in [7, 11) is 0. The fourth-order valence-corrected chi connectivity index (χ4v) is 3.07. The Morgan fingerprint density at radius 2 is 2.00 bits per heavy atom. The molecule has 0 bridgehead atoms. The molecule has 0 radical (unpaired) electrons. The van der Waals surface area contributed by atoms with Gasteiger partial charge in [-0.3, -0.25) is 4.79 Å². The van der Waals surface area contributed by atoms with Gasteiger partial charge in [-0.25, -0.2) is 4.39 Å². The molecule has 4 N–H and O–H groups in total. The van der Waals surface area contributed by atoms with Crippen molar-refractivity contribution in [3.05, 3.63) is 58.4 Å². The van der Waals surface area contributed by atoms with Crippen LogP contribution in [0.3, 0.4) is 0 Å². The van der Waals surface area contributed by atoms with Gasteiger partial charge in [0.05, 0.1) is 17.9 Å². The molecule has 1 unspecified atom stereocenters. The quantitative estimate of drug-likeness (QED) is 0.626. The van der Waals surface area contributed by atoms with E-state index in [0.29, 0.717) is 13.0 Å². The largest absolute Gasteiger partial charge is 0.418 e. The van der Waals surface area contributed by atoms with E-state index in [2.05, 4.69) is 10.6 Å². The van der Waals surface area contributed by atoms with Crippen molar-refractivity contribution in [2.75, 3.05) is 18.5 Å². The molecule has 156 valence electrons. The van der Waals surface area contributed by atoms with Gasteiger partial charge in [0, 0.05) is 29.4 Å². The first-order valence-electron chi connectivity index (χ1n) is 8.66. The van der Waals surface area contributed by atoms with Crippen LogP contribution in [-0.2, 0) is 22.3 Å². The molecular formula is C19H18ClF4N3O2. The van der Waals surface area contributed by atoms with Crippen molar-refractivity contribution in [1.82, 2.24) is 5.32 Å². The van der Waals surface area contributed by atoms with E-state index in [1.165, 1.54) is 24.3 Å². The molecule has 10 heteroatoms. The van der Waals surface area contributed by atoms with Gasteiger partial charge < -0.3 is 21.1 Å². The summed E-state index contributed by atoms with van der Waals surface area (Å²) in [4.78, 5) is 12.2. The average molecular weight is 432 g/mol. The number of anilines is 2. The molecule has 2 aromatic rings. The minimum Gasteiger partial charge on any atom is -0.379 e. The Morgan fingerprint density at radius 1 is 1.24 bits per heavy atom. The zero-order valence-corrected chi connectivity index (χ0v) is 15.8. The zero-order chi connectivity index (χ0) is 21.2. The first-order valence-corrected chi connectivity index (χ1v) is 9.03. The second-order valence-corrected chi connectivity index (χ2v) is 7.20. The van der Waals surface area contributed by atoms with E-state index in [1.807, 2.05) is 0 Å². The van der Waals surface area contributed by atoms with E-state index < -0.39 is 29.0 Å². The van der Waals surface area contributed by atoms with Crippen LogP contribution in [0.15, 0.2) is 36.4 Å². The highest BCUT2D eigenvalue weighted by Gasteiger charge is 2.38. The summed E-state index contributed by atoms with van der Waals surface area (Å²) in [5.41, 5.74) is 3.86. The summed E-state index contributed by atoms with van der Waals surface area (Å²) in [6.45, 7) is 0.356. The average Bonchev–Trinajstić information content (AvgIpc) is 3.09. The molecule has 0 saturated carbocycles. The predicted octanol–water partition coefficient (Wildman–Crippen LogP) is 3.98. The van der Waals surface area contributed by atoms with Gasteiger partial charge in [0.2, 0.25) is 5.91 Å². The van der Waals surface area contributed by atoms with Gasteiger partial charge >= 0.3 is 6.18 Å². The third-order valence-corrected chi connectivity index (χ3v) is 4.80. The number of hydrogen-bond donors (Lipinski definition) is 3. The summed E-state index contributed by atoms with van der Waals surface area (Å²) in [5.74, 6) is -1.14. The number of nitrogens with one attached hydrogen (secondary N) is 2. The number of carbonyl (C=O) groups excluding carboxylic acids is 1. The molecule has 1 saturated heterocycles. The number of alkyl halides is 3. The first kappa shape index (κ1) is 21.4. The molecule has 1 atom stereocenters.